The Morgan fingerprint density at radius 2 is 2.08 bits per heavy atom. The number of carbonyl (C=O) groups excluding carboxylic acids is 2. The van der Waals surface area contributed by atoms with Gasteiger partial charge < -0.3 is 4.74 Å². The van der Waals surface area contributed by atoms with E-state index in [1.54, 1.807) is 6.92 Å². The molecule has 124 valence electrons. The standard InChI is InChI=1S/C17H14F2N2O3/c1-9-16-15(5-3-11(8-22)17(16)24-10(2)23)21(20-9)14-6-4-12(18)7-13(14)19/h4,6-8H,3,5H2,1-2H3. The van der Waals surface area contributed by atoms with E-state index in [2.05, 4.69) is 5.10 Å². The molecule has 1 aliphatic carbocycles. The topological polar surface area (TPSA) is 61.2 Å². The number of halogens is 2. The van der Waals surface area contributed by atoms with Gasteiger partial charge >= 0.3 is 5.97 Å². The van der Waals surface area contributed by atoms with E-state index in [1.165, 1.54) is 17.7 Å². The summed E-state index contributed by atoms with van der Waals surface area (Å²) in [4.78, 5) is 22.6. The molecule has 1 aromatic carbocycles. The van der Waals surface area contributed by atoms with Crippen molar-refractivity contribution in [1.29, 1.82) is 0 Å². The molecule has 7 heteroatoms. The molecule has 0 radical (unpaired) electrons. The third-order valence-corrected chi connectivity index (χ3v) is 3.83. The highest BCUT2D eigenvalue weighted by molar-refractivity contribution is 5.91. The fraction of sp³-hybridized carbons (Fsp3) is 0.235. The number of ether oxygens (including phenoxy) is 1. The lowest BCUT2D eigenvalue weighted by Gasteiger charge is -2.18. The number of esters is 1. The molecule has 3 rings (SSSR count). The number of carbonyl (C=O) groups is 2. The number of hydrogen-bond donors (Lipinski definition) is 0. The van der Waals surface area contributed by atoms with Crippen LogP contribution in [0.5, 0.6) is 0 Å². The van der Waals surface area contributed by atoms with Gasteiger partial charge in [0.25, 0.3) is 0 Å². The first-order valence-electron chi connectivity index (χ1n) is 7.33. The summed E-state index contributed by atoms with van der Waals surface area (Å²) < 4.78 is 33.8. The lowest BCUT2D eigenvalue weighted by molar-refractivity contribution is -0.134. The molecular formula is C17H14F2N2O3. The molecule has 0 amide bonds. The SMILES string of the molecule is CC(=O)OC1=C(C=O)CCc2c1c(C)nn2-c1ccc(F)cc1F. The molecule has 24 heavy (non-hydrogen) atoms. The summed E-state index contributed by atoms with van der Waals surface area (Å²) in [6.45, 7) is 2.91. The second-order valence-corrected chi connectivity index (χ2v) is 5.48. The predicted molar refractivity (Wildman–Crippen MR) is 81.3 cm³/mol. The fourth-order valence-electron chi connectivity index (χ4n) is 2.85. The molecule has 0 aliphatic heterocycles. The molecule has 0 bridgehead atoms. The van der Waals surface area contributed by atoms with E-state index in [0.717, 1.165) is 12.1 Å². The molecule has 0 saturated heterocycles. The highest BCUT2D eigenvalue weighted by atomic mass is 19.1. The Morgan fingerprint density at radius 3 is 2.71 bits per heavy atom. The van der Waals surface area contributed by atoms with Gasteiger partial charge in [-0.05, 0) is 31.9 Å². The van der Waals surface area contributed by atoms with Gasteiger partial charge in [-0.3, -0.25) is 9.59 Å². The van der Waals surface area contributed by atoms with Gasteiger partial charge in [0, 0.05) is 18.6 Å². The van der Waals surface area contributed by atoms with Crippen molar-refractivity contribution >= 4 is 18.0 Å². The average Bonchev–Trinajstić information content (AvgIpc) is 2.84. The minimum absolute atomic E-state index is 0.0949. The number of aldehydes is 1. The van der Waals surface area contributed by atoms with E-state index in [4.69, 9.17) is 4.74 Å². The van der Waals surface area contributed by atoms with Crippen LogP contribution in [-0.4, -0.2) is 22.0 Å². The minimum Gasteiger partial charge on any atom is -0.426 e. The van der Waals surface area contributed by atoms with Crippen LogP contribution in [0, 0.1) is 18.6 Å². The third-order valence-electron chi connectivity index (χ3n) is 3.83. The number of nitrogens with zero attached hydrogens (tertiary/aromatic N) is 2. The molecule has 5 nitrogen and oxygen atoms in total. The molecular weight excluding hydrogens is 318 g/mol. The van der Waals surface area contributed by atoms with Crippen LogP contribution >= 0.6 is 0 Å². The maximum absolute atomic E-state index is 14.1. The van der Waals surface area contributed by atoms with E-state index in [9.17, 15) is 18.4 Å². The van der Waals surface area contributed by atoms with Crippen molar-refractivity contribution in [2.75, 3.05) is 0 Å². The van der Waals surface area contributed by atoms with Gasteiger partial charge in [-0.25, -0.2) is 13.5 Å². The average molecular weight is 332 g/mol. The monoisotopic (exact) mass is 332 g/mol. The van der Waals surface area contributed by atoms with Gasteiger partial charge in [-0.1, -0.05) is 0 Å². The van der Waals surface area contributed by atoms with Crippen LogP contribution in [0.4, 0.5) is 8.78 Å². The number of fused-ring (bicyclic) bond motifs is 1. The second-order valence-electron chi connectivity index (χ2n) is 5.48. The van der Waals surface area contributed by atoms with Gasteiger partial charge in [-0.15, -0.1) is 0 Å². The lowest BCUT2D eigenvalue weighted by atomic mass is 9.94. The van der Waals surface area contributed by atoms with Crippen LogP contribution in [0.3, 0.4) is 0 Å². The van der Waals surface area contributed by atoms with Crippen molar-refractivity contribution in [3.05, 3.63) is 52.4 Å². The molecule has 1 heterocycles. The minimum atomic E-state index is -0.750. The highest BCUT2D eigenvalue weighted by Crippen LogP contribution is 2.35. The molecule has 0 saturated carbocycles. The molecule has 1 aliphatic rings. The maximum atomic E-state index is 14.1. The van der Waals surface area contributed by atoms with Gasteiger partial charge in [0.2, 0.25) is 0 Å². The van der Waals surface area contributed by atoms with Gasteiger partial charge in [0.05, 0.1) is 17.0 Å². The number of benzene rings is 1. The van der Waals surface area contributed by atoms with Crippen LogP contribution in [0.1, 0.15) is 30.3 Å². The summed E-state index contributed by atoms with van der Waals surface area (Å²) in [5.41, 5.74) is 2.06. The molecule has 0 N–H and O–H groups in total. The first kappa shape index (κ1) is 16.0. The molecule has 0 spiro atoms. The summed E-state index contributed by atoms with van der Waals surface area (Å²) >= 11 is 0. The Bertz CT molecular complexity index is 884. The zero-order chi connectivity index (χ0) is 17.4. The van der Waals surface area contributed by atoms with Gasteiger partial charge in [0.1, 0.15) is 23.5 Å². The summed E-state index contributed by atoms with van der Waals surface area (Å²) in [6, 6.07) is 3.22. The number of rotatable bonds is 3. The Labute approximate surface area is 136 Å². The van der Waals surface area contributed by atoms with Crippen LogP contribution in [0.2, 0.25) is 0 Å². The van der Waals surface area contributed by atoms with Crippen molar-refractivity contribution in [2.24, 2.45) is 0 Å². The fourth-order valence-corrected chi connectivity index (χ4v) is 2.85. The Kier molecular flexibility index (Phi) is 4.01. The van der Waals surface area contributed by atoms with Crippen LogP contribution in [0.25, 0.3) is 11.4 Å². The number of hydrogen-bond acceptors (Lipinski definition) is 4. The molecule has 0 fully saturated rings. The zero-order valence-corrected chi connectivity index (χ0v) is 13.1. The molecule has 0 atom stereocenters. The number of aryl methyl sites for hydroxylation is 1. The predicted octanol–water partition coefficient (Wildman–Crippen LogP) is 2.88. The molecule has 2 aromatic rings. The van der Waals surface area contributed by atoms with Gasteiger partial charge in [-0.2, -0.15) is 5.10 Å². The van der Waals surface area contributed by atoms with E-state index < -0.39 is 17.6 Å². The summed E-state index contributed by atoms with van der Waals surface area (Å²) in [7, 11) is 0. The van der Waals surface area contributed by atoms with Crippen LogP contribution in [-0.2, 0) is 20.7 Å². The Balaban J connectivity index is 2.21. The largest absolute Gasteiger partial charge is 0.426 e. The zero-order valence-electron chi connectivity index (χ0n) is 13.1. The number of allylic oxidation sites excluding steroid dienone is 1. The maximum Gasteiger partial charge on any atom is 0.308 e. The van der Waals surface area contributed by atoms with E-state index in [0.29, 0.717) is 41.7 Å². The Morgan fingerprint density at radius 1 is 1.33 bits per heavy atom. The van der Waals surface area contributed by atoms with Crippen molar-refractivity contribution < 1.29 is 23.1 Å². The summed E-state index contributed by atoms with van der Waals surface area (Å²) in [5, 5.41) is 4.29. The number of aromatic nitrogens is 2. The molecule has 1 aromatic heterocycles. The first-order chi connectivity index (χ1) is 11.4. The van der Waals surface area contributed by atoms with E-state index >= 15 is 0 Å². The normalized spacial score (nSPS) is 13.7. The van der Waals surface area contributed by atoms with Crippen molar-refractivity contribution in [3.8, 4) is 5.69 Å². The summed E-state index contributed by atoms with van der Waals surface area (Å²) in [6.07, 6.45) is 1.41. The highest BCUT2D eigenvalue weighted by Gasteiger charge is 2.29. The van der Waals surface area contributed by atoms with Crippen molar-refractivity contribution in [1.82, 2.24) is 9.78 Å². The quantitative estimate of drug-likeness (QED) is 0.640. The van der Waals surface area contributed by atoms with E-state index in [1.807, 2.05) is 0 Å². The first-order valence-corrected chi connectivity index (χ1v) is 7.33. The third kappa shape index (κ3) is 2.62. The second kappa shape index (κ2) is 5.99. The summed E-state index contributed by atoms with van der Waals surface area (Å²) in [5.74, 6) is -1.83. The Hall–Kier alpha value is -2.83. The van der Waals surface area contributed by atoms with Crippen molar-refractivity contribution in [3.63, 3.8) is 0 Å². The van der Waals surface area contributed by atoms with Crippen LogP contribution < -0.4 is 0 Å². The molecule has 0 unspecified atom stereocenters. The van der Waals surface area contributed by atoms with Crippen LogP contribution in [0.15, 0.2) is 23.8 Å². The lowest BCUT2D eigenvalue weighted by Crippen LogP contribution is -2.13. The van der Waals surface area contributed by atoms with Gasteiger partial charge in [0.15, 0.2) is 5.82 Å². The smallest absolute Gasteiger partial charge is 0.308 e. The van der Waals surface area contributed by atoms with E-state index in [-0.39, 0.29) is 11.4 Å². The van der Waals surface area contributed by atoms with Crippen molar-refractivity contribution in [2.45, 2.75) is 26.7 Å².